The van der Waals surface area contributed by atoms with E-state index in [0.717, 1.165) is 0 Å². The topological polar surface area (TPSA) is 43.4 Å². The first-order chi connectivity index (χ1) is 4.75. The number of carbonyl (C=O) groups excluding carboxylic acids is 2. The average Bonchev–Trinajstić information content (AvgIpc) is 2.34. The summed E-state index contributed by atoms with van der Waals surface area (Å²) in [4.78, 5) is 21.5. The molecule has 0 aromatic rings. The van der Waals surface area contributed by atoms with Gasteiger partial charge in [0.15, 0.2) is 5.78 Å². The molecule has 0 bridgehead atoms. The molecular formula is C6H7ClO3. The number of rotatable bonds is 2. The fourth-order valence-corrected chi connectivity index (χ4v) is 1.07. The number of Topliss-reactive ketones (excluding diaryl/α,β-unsaturated/α-hetero) is 1. The Bertz CT molecular complexity index is 166. The Morgan fingerprint density at radius 3 is 2.90 bits per heavy atom. The molecule has 4 heteroatoms. The summed E-state index contributed by atoms with van der Waals surface area (Å²) in [5.41, 5.74) is 0. The Balaban J connectivity index is 2.55. The van der Waals surface area contributed by atoms with E-state index in [9.17, 15) is 9.59 Å². The van der Waals surface area contributed by atoms with Gasteiger partial charge in [-0.25, -0.2) is 0 Å². The molecule has 0 saturated carbocycles. The average molecular weight is 163 g/mol. The van der Waals surface area contributed by atoms with Gasteiger partial charge in [0, 0.05) is 6.42 Å². The number of ketones is 1. The zero-order valence-electron chi connectivity index (χ0n) is 5.30. The number of hydrogen-bond donors (Lipinski definition) is 0. The van der Waals surface area contributed by atoms with Crippen LogP contribution in [0.15, 0.2) is 0 Å². The maximum Gasteiger partial charge on any atom is 0.316 e. The van der Waals surface area contributed by atoms with Crippen molar-refractivity contribution in [1.29, 1.82) is 0 Å². The van der Waals surface area contributed by atoms with Crippen LogP contribution in [-0.2, 0) is 14.3 Å². The van der Waals surface area contributed by atoms with E-state index >= 15 is 0 Å². The van der Waals surface area contributed by atoms with E-state index in [4.69, 9.17) is 11.6 Å². The number of cyclic esters (lactones) is 1. The van der Waals surface area contributed by atoms with Crippen molar-refractivity contribution < 1.29 is 14.3 Å². The summed E-state index contributed by atoms with van der Waals surface area (Å²) >= 11 is 5.24. The van der Waals surface area contributed by atoms with Gasteiger partial charge in [-0.3, -0.25) is 9.59 Å². The molecular weight excluding hydrogens is 156 g/mol. The first-order valence-electron chi connectivity index (χ1n) is 3.01. The molecule has 1 heterocycles. The summed E-state index contributed by atoms with van der Waals surface area (Å²) in [5, 5.41) is 0. The second-order valence-corrected chi connectivity index (χ2v) is 2.38. The summed E-state index contributed by atoms with van der Waals surface area (Å²) in [6.07, 6.45) is 0.490. The molecule has 0 amide bonds. The van der Waals surface area contributed by atoms with E-state index in [1.807, 2.05) is 0 Å². The molecule has 0 N–H and O–H groups in total. The second kappa shape index (κ2) is 3.01. The number of carbonyl (C=O) groups is 2. The number of esters is 1. The minimum Gasteiger partial charge on any atom is -0.465 e. The number of alkyl halides is 1. The minimum absolute atomic E-state index is 0.0975. The van der Waals surface area contributed by atoms with Crippen molar-refractivity contribution in [3.8, 4) is 0 Å². The SMILES string of the molecule is O=C(CCl)[C@@H]1CCOC1=O. The molecule has 0 aliphatic carbocycles. The van der Waals surface area contributed by atoms with E-state index in [1.165, 1.54) is 0 Å². The molecule has 0 aromatic heterocycles. The molecule has 1 aliphatic rings. The smallest absolute Gasteiger partial charge is 0.316 e. The summed E-state index contributed by atoms with van der Waals surface area (Å²) in [7, 11) is 0. The Hall–Kier alpha value is -0.570. The van der Waals surface area contributed by atoms with Gasteiger partial charge in [0.25, 0.3) is 0 Å². The maximum absolute atomic E-state index is 10.8. The highest BCUT2D eigenvalue weighted by Crippen LogP contribution is 2.15. The zero-order valence-corrected chi connectivity index (χ0v) is 6.06. The molecule has 3 nitrogen and oxygen atoms in total. The summed E-state index contributed by atoms with van der Waals surface area (Å²) in [5.74, 6) is -1.34. The van der Waals surface area contributed by atoms with E-state index in [0.29, 0.717) is 13.0 Å². The van der Waals surface area contributed by atoms with Crippen LogP contribution in [0.2, 0.25) is 0 Å². The molecule has 0 radical (unpaired) electrons. The molecule has 10 heavy (non-hydrogen) atoms. The Labute approximate surface area is 63.3 Å². The highest BCUT2D eigenvalue weighted by molar-refractivity contribution is 6.29. The van der Waals surface area contributed by atoms with Crippen LogP contribution in [0, 0.1) is 5.92 Å². The van der Waals surface area contributed by atoms with Gasteiger partial charge in [-0.05, 0) is 0 Å². The number of ether oxygens (including phenoxy) is 1. The lowest BCUT2D eigenvalue weighted by molar-refractivity contribution is -0.144. The Kier molecular flexibility index (Phi) is 2.27. The van der Waals surface area contributed by atoms with Gasteiger partial charge in [-0.1, -0.05) is 0 Å². The van der Waals surface area contributed by atoms with E-state index < -0.39 is 11.9 Å². The first-order valence-corrected chi connectivity index (χ1v) is 3.54. The monoisotopic (exact) mass is 162 g/mol. The van der Waals surface area contributed by atoms with Gasteiger partial charge >= 0.3 is 5.97 Å². The number of halogens is 1. The largest absolute Gasteiger partial charge is 0.465 e. The normalized spacial score (nSPS) is 24.5. The third-order valence-corrected chi connectivity index (χ3v) is 1.72. The maximum atomic E-state index is 10.8. The third-order valence-electron chi connectivity index (χ3n) is 1.46. The second-order valence-electron chi connectivity index (χ2n) is 2.11. The molecule has 0 unspecified atom stereocenters. The summed E-state index contributed by atoms with van der Waals surface area (Å²) in [6, 6.07) is 0. The lowest BCUT2D eigenvalue weighted by atomic mass is 10.0. The van der Waals surface area contributed by atoms with Crippen LogP contribution in [0.5, 0.6) is 0 Å². The van der Waals surface area contributed by atoms with Crippen LogP contribution in [-0.4, -0.2) is 24.2 Å². The predicted octanol–water partition coefficient (Wildman–Crippen LogP) is 0.357. The van der Waals surface area contributed by atoms with Gasteiger partial charge in [0.2, 0.25) is 0 Å². The molecule has 1 saturated heterocycles. The van der Waals surface area contributed by atoms with Gasteiger partial charge in [0.05, 0.1) is 12.5 Å². The highest BCUT2D eigenvalue weighted by atomic mass is 35.5. The van der Waals surface area contributed by atoms with Gasteiger partial charge < -0.3 is 4.74 Å². The molecule has 56 valence electrons. The van der Waals surface area contributed by atoms with Crippen LogP contribution in [0.1, 0.15) is 6.42 Å². The molecule has 1 atom stereocenters. The van der Waals surface area contributed by atoms with Crippen LogP contribution in [0.25, 0.3) is 0 Å². The molecule has 1 fully saturated rings. The Morgan fingerprint density at radius 2 is 2.50 bits per heavy atom. The molecule has 1 aliphatic heterocycles. The molecule has 0 aromatic carbocycles. The predicted molar refractivity (Wildman–Crippen MR) is 34.8 cm³/mol. The fraction of sp³-hybridized carbons (Fsp3) is 0.667. The fourth-order valence-electron chi connectivity index (χ4n) is 0.881. The van der Waals surface area contributed by atoms with E-state index in [1.54, 1.807) is 0 Å². The highest BCUT2D eigenvalue weighted by Gasteiger charge is 2.31. The van der Waals surface area contributed by atoms with Crippen molar-refractivity contribution in [1.82, 2.24) is 0 Å². The van der Waals surface area contributed by atoms with Crippen molar-refractivity contribution >= 4 is 23.4 Å². The lowest BCUT2D eigenvalue weighted by Crippen LogP contribution is -2.20. The molecule has 1 rings (SSSR count). The van der Waals surface area contributed by atoms with E-state index in [-0.39, 0.29) is 11.7 Å². The molecule has 0 spiro atoms. The Morgan fingerprint density at radius 1 is 1.80 bits per heavy atom. The standard InChI is InChI=1S/C6H7ClO3/c7-3-5(8)4-1-2-10-6(4)9/h4H,1-3H2/t4-/m0/s1. The van der Waals surface area contributed by atoms with Crippen LogP contribution < -0.4 is 0 Å². The van der Waals surface area contributed by atoms with Crippen LogP contribution in [0.4, 0.5) is 0 Å². The van der Waals surface area contributed by atoms with Crippen molar-refractivity contribution in [2.24, 2.45) is 5.92 Å². The van der Waals surface area contributed by atoms with Gasteiger partial charge in [-0.2, -0.15) is 0 Å². The van der Waals surface area contributed by atoms with E-state index in [2.05, 4.69) is 4.74 Å². The van der Waals surface area contributed by atoms with Crippen molar-refractivity contribution in [2.75, 3.05) is 12.5 Å². The van der Waals surface area contributed by atoms with Crippen LogP contribution >= 0.6 is 11.6 Å². The summed E-state index contributed by atoms with van der Waals surface area (Å²) in [6.45, 7) is 0.353. The zero-order chi connectivity index (χ0) is 7.56. The minimum atomic E-state index is -0.586. The van der Waals surface area contributed by atoms with Gasteiger partial charge in [0.1, 0.15) is 5.92 Å². The summed E-state index contributed by atoms with van der Waals surface area (Å²) < 4.78 is 4.57. The third kappa shape index (κ3) is 1.29. The van der Waals surface area contributed by atoms with Crippen LogP contribution in [0.3, 0.4) is 0 Å². The first kappa shape index (κ1) is 7.54. The van der Waals surface area contributed by atoms with Crippen molar-refractivity contribution in [3.63, 3.8) is 0 Å². The van der Waals surface area contributed by atoms with Gasteiger partial charge in [-0.15, -0.1) is 11.6 Å². The quantitative estimate of drug-likeness (QED) is 0.335. The number of hydrogen-bond acceptors (Lipinski definition) is 3. The lowest BCUT2D eigenvalue weighted by Gasteiger charge is -1.98. The van der Waals surface area contributed by atoms with Crippen molar-refractivity contribution in [3.05, 3.63) is 0 Å². The van der Waals surface area contributed by atoms with Crippen molar-refractivity contribution in [2.45, 2.75) is 6.42 Å².